The third kappa shape index (κ3) is 5.36. The summed E-state index contributed by atoms with van der Waals surface area (Å²) in [5.74, 6) is 1.62. The van der Waals surface area contributed by atoms with Crippen molar-refractivity contribution in [3.63, 3.8) is 0 Å². The van der Waals surface area contributed by atoms with Crippen LogP contribution in [0.5, 0.6) is 11.5 Å². The highest BCUT2D eigenvalue weighted by Gasteiger charge is 2.10. The summed E-state index contributed by atoms with van der Waals surface area (Å²) in [7, 11) is 5.03. The van der Waals surface area contributed by atoms with E-state index in [2.05, 4.69) is 5.32 Å². The van der Waals surface area contributed by atoms with Crippen LogP contribution in [0.4, 0.5) is 0 Å². The van der Waals surface area contributed by atoms with Gasteiger partial charge in [0.25, 0.3) is 0 Å². The van der Waals surface area contributed by atoms with E-state index >= 15 is 0 Å². The molecule has 0 aliphatic rings. The van der Waals surface area contributed by atoms with Crippen LogP contribution in [0.25, 0.3) is 0 Å². The standard InChI is InChI=1S/C15H26N2O3/c1-18-11-13(5-4-8-16)17-10-12-6-7-14(19-2)9-15(12)20-3/h6-7,9,13,17H,4-5,8,10-11,16H2,1-3H3. The van der Waals surface area contributed by atoms with Crippen LogP contribution in [0.2, 0.25) is 0 Å². The van der Waals surface area contributed by atoms with Gasteiger partial charge in [0.2, 0.25) is 0 Å². The van der Waals surface area contributed by atoms with E-state index in [9.17, 15) is 0 Å². The molecule has 20 heavy (non-hydrogen) atoms. The summed E-state index contributed by atoms with van der Waals surface area (Å²) >= 11 is 0. The third-order valence-corrected chi connectivity index (χ3v) is 3.20. The van der Waals surface area contributed by atoms with Gasteiger partial charge in [0.05, 0.1) is 20.8 Å². The van der Waals surface area contributed by atoms with Gasteiger partial charge in [-0.1, -0.05) is 6.07 Å². The molecule has 0 spiro atoms. The van der Waals surface area contributed by atoms with E-state index in [0.717, 1.165) is 36.4 Å². The Hall–Kier alpha value is -1.30. The molecular formula is C15H26N2O3. The second-order valence-electron chi connectivity index (χ2n) is 4.64. The maximum absolute atomic E-state index is 5.56. The number of hydrogen-bond donors (Lipinski definition) is 2. The zero-order valence-corrected chi connectivity index (χ0v) is 12.6. The average molecular weight is 282 g/mol. The highest BCUT2D eigenvalue weighted by atomic mass is 16.5. The maximum atomic E-state index is 5.56. The highest BCUT2D eigenvalue weighted by molar-refractivity contribution is 5.40. The van der Waals surface area contributed by atoms with Gasteiger partial charge in [-0.15, -0.1) is 0 Å². The van der Waals surface area contributed by atoms with Gasteiger partial charge in [-0.05, 0) is 25.5 Å². The minimum atomic E-state index is 0.301. The molecule has 1 atom stereocenters. The largest absolute Gasteiger partial charge is 0.497 e. The fourth-order valence-electron chi connectivity index (χ4n) is 2.06. The quantitative estimate of drug-likeness (QED) is 0.681. The van der Waals surface area contributed by atoms with Crippen molar-refractivity contribution >= 4 is 0 Å². The molecular weight excluding hydrogens is 256 g/mol. The van der Waals surface area contributed by atoms with Gasteiger partial charge in [0.1, 0.15) is 11.5 Å². The molecule has 0 amide bonds. The van der Waals surface area contributed by atoms with Gasteiger partial charge in [0.15, 0.2) is 0 Å². The molecule has 5 nitrogen and oxygen atoms in total. The fourth-order valence-corrected chi connectivity index (χ4v) is 2.06. The van der Waals surface area contributed by atoms with Crippen LogP contribution >= 0.6 is 0 Å². The first-order valence-corrected chi connectivity index (χ1v) is 6.88. The molecule has 0 heterocycles. The summed E-state index contributed by atoms with van der Waals surface area (Å²) in [6.07, 6.45) is 1.99. The van der Waals surface area contributed by atoms with Crippen LogP contribution in [0.3, 0.4) is 0 Å². The maximum Gasteiger partial charge on any atom is 0.127 e. The van der Waals surface area contributed by atoms with Crippen LogP contribution in [0.15, 0.2) is 18.2 Å². The van der Waals surface area contributed by atoms with Crippen molar-refractivity contribution in [1.29, 1.82) is 0 Å². The van der Waals surface area contributed by atoms with Crippen LogP contribution in [-0.4, -0.2) is 40.5 Å². The van der Waals surface area contributed by atoms with E-state index in [0.29, 0.717) is 19.2 Å². The number of hydrogen-bond acceptors (Lipinski definition) is 5. The Morgan fingerprint density at radius 2 is 2.00 bits per heavy atom. The zero-order valence-electron chi connectivity index (χ0n) is 12.6. The normalized spacial score (nSPS) is 12.2. The van der Waals surface area contributed by atoms with E-state index in [-0.39, 0.29) is 0 Å². The Kier molecular flexibility index (Phi) is 8.02. The summed E-state index contributed by atoms with van der Waals surface area (Å²) < 4.78 is 15.8. The lowest BCUT2D eigenvalue weighted by atomic mass is 10.1. The molecule has 0 aliphatic carbocycles. The van der Waals surface area contributed by atoms with Crippen molar-refractivity contribution in [2.75, 3.05) is 34.5 Å². The molecule has 1 aromatic carbocycles. The Morgan fingerprint density at radius 1 is 1.20 bits per heavy atom. The molecule has 1 unspecified atom stereocenters. The monoisotopic (exact) mass is 282 g/mol. The third-order valence-electron chi connectivity index (χ3n) is 3.20. The molecule has 1 rings (SSSR count). The molecule has 5 heteroatoms. The smallest absolute Gasteiger partial charge is 0.127 e. The Labute approximate surface area is 121 Å². The lowest BCUT2D eigenvalue weighted by Crippen LogP contribution is -2.33. The average Bonchev–Trinajstić information content (AvgIpc) is 2.49. The molecule has 0 saturated heterocycles. The van der Waals surface area contributed by atoms with Gasteiger partial charge in [-0.3, -0.25) is 0 Å². The van der Waals surface area contributed by atoms with E-state index in [1.807, 2.05) is 18.2 Å². The molecule has 0 bridgehead atoms. The van der Waals surface area contributed by atoms with Crippen LogP contribution in [0, 0.1) is 0 Å². The lowest BCUT2D eigenvalue weighted by molar-refractivity contribution is 0.161. The summed E-state index contributed by atoms with van der Waals surface area (Å²) in [4.78, 5) is 0. The summed E-state index contributed by atoms with van der Waals surface area (Å²) in [5.41, 5.74) is 6.65. The SMILES string of the molecule is COCC(CCCN)NCc1ccc(OC)cc1OC. The van der Waals surface area contributed by atoms with E-state index < -0.39 is 0 Å². The van der Waals surface area contributed by atoms with Crippen molar-refractivity contribution in [2.45, 2.75) is 25.4 Å². The minimum Gasteiger partial charge on any atom is -0.497 e. The van der Waals surface area contributed by atoms with Crippen molar-refractivity contribution in [3.8, 4) is 11.5 Å². The molecule has 0 aliphatic heterocycles. The van der Waals surface area contributed by atoms with Gasteiger partial charge in [-0.2, -0.15) is 0 Å². The zero-order chi connectivity index (χ0) is 14.8. The fraction of sp³-hybridized carbons (Fsp3) is 0.600. The van der Waals surface area contributed by atoms with E-state index in [4.69, 9.17) is 19.9 Å². The number of nitrogens with one attached hydrogen (secondary N) is 1. The predicted octanol–water partition coefficient (Wildman–Crippen LogP) is 1.55. The molecule has 0 aromatic heterocycles. The number of ether oxygens (including phenoxy) is 3. The Morgan fingerprint density at radius 3 is 2.60 bits per heavy atom. The predicted molar refractivity (Wildman–Crippen MR) is 80.3 cm³/mol. The Balaban J connectivity index is 2.61. The van der Waals surface area contributed by atoms with Gasteiger partial charge < -0.3 is 25.3 Å². The van der Waals surface area contributed by atoms with Gasteiger partial charge in [-0.25, -0.2) is 0 Å². The molecule has 0 radical (unpaired) electrons. The summed E-state index contributed by atoms with van der Waals surface area (Å²) in [6, 6.07) is 6.14. The van der Waals surface area contributed by atoms with Crippen LogP contribution in [-0.2, 0) is 11.3 Å². The van der Waals surface area contributed by atoms with E-state index in [1.54, 1.807) is 21.3 Å². The molecule has 0 fully saturated rings. The van der Waals surface area contributed by atoms with Crippen LogP contribution in [0.1, 0.15) is 18.4 Å². The summed E-state index contributed by atoms with van der Waals surface area (Å²) in [5, 5.41) is 3.48. The number of methoxy groups -OCH3 is 3. The highest BCUT2D eigenvalue weighted by Crippen LogP contribution is 2.24. The van der Waals surface area contributed by atoms with Crippen LogP contribution < -0.4 is 20.5 Å². The summed E-state index contributed by atoms with van der Waals surface area (Å²) in [6.45, 7) is 2.11. The van der Waals surface area contributed by atoms with Gasteiger partial charge >= 0.3 is 0 Å². The first kappa shape index (κ1) is 16.8. The van der Waals surface area contributed by atoms with Crippen molar-refractivity contribution in [3.05, 3.63) is 23.8 Å². The van der Waals surface area contributed by atoms with E-state index in [1.165, 1.54) is 0 Å². The first-order valence-electron chi connectivity index (χ1n) is 6.88. The lowest BCUT2D eigenvalue weighted by Gasteiger charge is -2.19. The van der Waals surface area contributed by atoms with Crippen molar-refractivity contribution < 1.29 is 14.2 Å². The second kappa shape index (κ2) is 9.58. The van der Waals surface area contributed by atoms with Gasteiger partial charge in [0, 0.05) is 31.3 Å². The Bertz CT molecular complexity index is 385. The first-order chi connectivity index (χ1) is 9.74. The molecule has 0 saturated carbocycles. The van der Waals surface area contributed by atoms with Crippen molar-refractivity contribution in [1.82, 2.24) is 5.32 Å². The molecule has 114 valence electrons. The topological polar surface area (TPSA) is 65.7 Å². The van der Waals surface area contributed by atoms with Crippen molar-refractivity contribution in [2.24, 2.45) is 5.73 Å². The molecule has 3 N–H and O–H groups in total. The number of nitrogens with two attached hydrogens (primary N) is 1. The molecule has 1 aromatic rings. The number of rotatable bonds is 10. The minimum absolute atomic E-state index is 0.301. The second-order valence-corrected chi connectivity index (χ2v) is 4.64. The number of benzene rings is 1.